The molecule has 0 amide bonds. The number of rotatable bonds is 10. The van der Waals surface area contributed by atoms with Crippen LogP contribution >= 0.6 is 33.9 Å². The van der Waals surface area contributed by atoms with E-state index in [2.05, 4.69) is 51.8 Å². The number of hydrogen-bond acceptors (Lipinski definition) is 9. The van der Waals surface area contributed by atoms with Gasteiger partial charge in [-0.05, 0) is 94.2 Å². The molecule has 0 saturated heterocycles. The van der Waals surface area contributed by atoms with Crippen LogP contribution in [-0.2, 0) is 16.1 Å². The second-order valence-electron chi connectivity index (χ2n) is 10.9. The van der Waals surface area contributed by atoms with Gasteiger partial charge < -0.3 is 23.7 Å². The SMILES string of the molecule is CCOC(=O)C1=C(C)N=c2s/c(=C/c3cc(I)c(OCc4cccc5ccccc45)c(OC)c3)c(=O)n2C1c1ccc(OC)c(OC)c1. The lowest BCUT2D eigenvalue weighted by Gasteiger charge is -2.25. The lowest BCUT2D eigenvalue weighted by Crippen LogP contribution is -2.40. The summed E-state index contributed by atoms with van der Waals surface area (Å²) in [4.78, 5) is 32.6. The van der Waals surface area contributed by atoms with Gasteiger partial charge in [0.2, 0.25) is 0 Å². The molecule has 4 aromatic carbocycles. The van der Waals surface area contributed by atoms with Crippen molar-refractivity contribution in [1.82, 2.24) is 4.57 Å². The molecule has 2 heterocycles. The molecule has 5 aromatic rings. The number of carbonyl (C=O) groups excluding carboxylic acids is 1. The third kappa shape index (κ3) is 6.31. The second-order valence-corrected chi connectivity index (χ2v) is 13.0. The molecule has 1 aliphatic rings. The summed E-state index contributed by atoms with van der Waals surface area (Å²) < 4.78 is 31.3. The Bertz CT molecular complexity index is 2250. The van der Waals surface area contributed by atoms with Gasteiger partial charge in [0.15, 0.2) is 27.8 Å². The molecule has 0 aliphatic carbocycles. The highest BCUT2D eigenvalue weighted by Gasteiger charge is 2.34. The average molecular weight is 777 g/mol. The van der Waals surface area contributed by atoms with Crippen LogP contribution in [0.3, 0.4) is 0 Å². The molecule has 48 heavy (non-hydrogen) atoms. The van der Waals surface area contributed by atoms with Crippen LogP contribution in [0, 0.1) is 3.57 Å². The quantitative estimate of drug-likeness (QED) is 0.124. The molecule has 0 radical (unpaired) electrons. The predicted octanol–water partition coefficient (Wildman–Crippen LogP) is 6.16. The Kier molecular flexibility index (Phi) is 9.88. The van der Waals surface area contributed by atoms with Crippen LogP contribution in [0.4, 0.5) is 0 Å². The molecule has 0 saturated carbocycles. The Balaban J connectivity index is 1.41. The van der Waals surface area contributed by atoms with E-state index in [1.165, 1.54) is 18.4 Å². The molecule has 246 valence electrons. The Hall–Kier alpha value is -4.62. The number of ether oxygens (including phenoxy) is 5. The van der Waals surface area contributed by atoms with Gasteiger partial charge in [-0.25, -0.2) is 9.79 Å². The highest BCUT2D eigenvalue weighted by atomic mass is 127. The number of nitrogens with zero attached hydrogens (tertiary/aromatic N) is 2. The van der Waals surface area contributed by atoms with Crippen molar-refractivity contribution >= 4 is 56.7 Å². The first-order chi connectivity index (χ1) is 23.3. The zero-order chi connectivity index (χ0) is 33.9. The van der Waals surface area contributed by atoms with Crippen molar-refractivity contribution in [2.24, 2.45) is 4.99 Å². The number of hydrogen-bond donors (Lipinski definition) is 0. The highest BCUT2D eigenvalue weighted by molar-refractivity contribution is 14.1. The summed E-state index contributed by atoms with van der Waals surface area (Å²) in [6.45, 7) is 4.04. The first-order valence-corrected chi connectivity index (χ1v) is 17.1. The minimum atomic E-state index is -0.790. The van der Waals surface area contributed by atoms with Gasteiger partial charge in [0.05, 0.1) is 53.4 Å². The number of esters is 1. The van der Waals surface area contributed by atoms with Crippen LogP contribution in [0.2, 0.25) is 0 Å². The molecule has 1 aliphatic heterocycles. The van der Waals surface area contributed by atoms with Gasteiger partial charge in [-0.2, -0.15) is 0 Å². The lowest BCUT2D eigenvalue weighted by molar-refractivity contribution is -0.139. The van der Waals surface area contributed by atoms with Crippen molar-refractivity contribution in [1.29, 1.82) is 0 Å². The minimum Gasteiger partial charge on any atom is -0.493 e. The van der Waals surface area contributed by atoms with Crippen molar-refractivity contribution in [3.05, 3.63) is 124 Å². The number of aromatic nitrogens is 1. The summed E-state index contributed by atoms with van der Waals surface area (Å²) in [5.74, 6) is 1.63. The number of carbonyl (C=O) groups is 1. The Morgan fingerprint density at radius 1 is 0.958 bits per heavy atom. The van der Waals surface area contributed by atoms with E-state index in [-0.39, 0.29) is 17.7 Å². The van der Waals surface area contributed by atoms with Crippen LogP contribution < -0.4 is 33.8 Å². The summed E-state index contributed by atoms with van der Waals surface area (Å²) in [5.41, 5.74) is 2.94. The molecule has 1 unspecified atom stereocenters. The zero-order valence-electron chi connectivity index (χ0n) is 27.0. The standard InChI is InChI=1S/C37H33IN2O7S/c1-6-46-36(42)32-21(2)39-37-40(33(32)24-14-15-28(43-3)29(19-24)44-4)35(41)31(48-37)18-22-16-27(38)34(30(17-22)45-5)47-20-25-12-9-11-23-10-7-8-13-26(23)25/h7-19,33H,6,20H2,1-5H3/b31-18+. The maximum Gasteiger partial charge on any atom is 0.338 e. The molecular formula is C37H33IN2O7S. The fourth-order valence-corrected chi connectivity index (χ4v) is 7.64. The smallest absolute Gasteiger partial charge is 0.338 e. The molecule has 6 rings (SSSR count). The molecule has 1 aromatic heterocycles. The van der Waals surface area contributed by atoms with E-state index < -0.39 is 12.0 Å². The normalized spacial score (nSPS) is 14.4. The zero-order valence-corrected chi connectivity index (χ0v) is 30.0. The lowest BCUT2D eigenvalue weighted by atomic mass is 9.95. The molecule has 0 spiro atoms. The first-order valence-electron chi connectivity index (χ1n) is 15.2. The molecule has 11 heteroatoms. The number of allylic oxidation sites excluding steroid dienone is 1. The third-order valence-electron chi connectivity index (χ3n) is 8.04. The van der Waals surface area contributed by atoms with Gasteiger partial charge in [0.25, 0.3) is 5.56 Å². The Morgan fingerprint density at radius 2 is 1.71 bits per heavy atom. The second kappa shape index (κ2) is 14.2. The van der Waals surface area contributed by atoms with Crippen LogP contribution in [0.1, 0.15) is 36.6 Å². The largest absolute Gasteiger partial charge is 0.493 e. The summed E-state index contributed by atoms with van der Waals surface area (Å²) in [6, 6.07) is 22.7. The van der Waals surface area contributed by atoms with E-state index in [1.807, 2.05) is 36.4 Å². The first kappa shape index (κ1) is 33.3. The average Bonchev–Trinajstić information content (AvgIpc) is 3.39. The fourth-order valence-electron chi connectivity index (χ4n) is 5.81. The topological polar surface area (TPSA) is 97.6 Å². The van der Waals surface area contributed by atoms with Crippen molar-refractivity contribution in [2.75, 3.05) is 27.9 Å². The van der Waals surface area contributed by atoms with Crippen LogP contribution in [0.25, 0.3) is 16.8 Å². The maximum absolute atomic E-state index is 14.2. The summed E-state index contributed by atoms with van der Waals surface area (Å²) in [5, 5.41) is 2.28. The van der Waals surface area contributed by atoms with E-state index in [9.17, 15) is 9.59 Å². The van der Waals surface area contributed by atoms with E-state index in [4.69, 9.17) is 23.7 Å². The van der Waals surface area contributed by atoms with Gasteiger partial charge in [0.1, 0.15) is 6.61 Å². The van der Waals surface area contributed by atoms with Crippen molar-refractivity contribution < 1.29 is 28.5 Å². The number of benzene rings is 4. The fraction of sp³-hybridized carbons (Fsp3) is 0.216. The van der Waals surface area contributed by atoms with E-state index in [0.717, 1.165) is 25.5 Å². The van der Waals surface area contributed by atoms with Crippen molar-refractivity contribution in [3.8, 4) is 23.0 Å². The van der Waals surface area contributed by atoms with Crippen LogP contribution in [0.15, 0.2) is 93.9 Å². The van der Waals surface area contributed by atoms with Crippen molar-refractivity contribution in [2.45, 2.75) is 26.5 Å². The molecular weight excluding hydrogens is 743 g/mol. The number of thiazole rings is 1. The van der Waals surface area contributed by atoms with Crippen LogP contribution in [-0.4, -0.2) is 38.5 Å². The predicted molar refractivity (Wildman–Crippen MR) is 194 cm³/mol. The van der Waals surface area contributed by atoms with E-state index in [1.54, 1.807) is 50.8 Å². The van der Waals surface area contributed by atoms with Gasteiger partial charge in [-0.3, -0.25) is 9.36 Å². The molecule has 1 atom stereocenters. The minimum absolute atomic E-state index is 0.181. The highest BCUT2D eigenvalue weighted by Crippen LogP contribution is 2.37. The summed E-state index contributed by atoms with van der Waals surface area (Å²) >= 11 is 3.47. The van der Waals surface area contributed by atoms with Gasteiger partial charge in [-0.15, -0.1) is 0 Å². The summed E-state index contributed by atoms with van der Waals surface area (Å²) in [6.07, 6.45) is 1.80. The van der Waals surface area contributed by atoms with Gasteiger partial charge >= 0.3 is 5.97 Å². The molecule has 0 fully saturated rings. The van der Waals surface area contributed by atoms with Crippen molar-refractivity contribution in [3.63, 3.8) is 0 Å². The Morgan fingerprint density at radius 3 is 2.46 bits per heavy atom. The van der Waals surface area contributed by atoms with E-state index >= 15 is 0 Å². The number of halogens is 1. The monoisotopic (exact) mass is 776 g/mol. The molecule has 0 bridgehead atoms. The summed E-state index contributed by atoms with van der Waals surface area (Å²) in [7, 11) is 4.68. The molecule has 9 nitrogen and oxygen atoms in total. The van der Waals surface area contributed by atoms with Gasteiger partial charge in [-0.1, -0.05) is 59.9 Å². The maximum atomic E-state index is 14.2. The number of fused-ring (bicyclic) bond motifs is 2. The third-order valence-corrected chi connectivity index (χ3v) is 9.83. The van der Waals surface area contributed by atoms with Crippen LogP contribution in [0.5, 0.6) is 23.0 Å². The van der Waals surface area contributed by atoms with Gasteiger partial charge in [0, 0.05) is 0 Å². The molecule has 0 N–H and O–H groups in total. The Labute approximate surface area is 294 Å². The number of methoxy groups -OCH3 is 3. The van der Waals surface area contributed by atoms with E-state index in [0.29, 0.717) is 50.2 Å².